The molecular weight excluding hydrogens is 474 g/mol. The zero-order valence-corrected chi connectivity index (χ0v) is 21.0. The van der Waals surface area contributed by atoms with E-state index >= 15 is 0 Å². The topological polar surface area (TPSA) is 263 Å². The van der Waals surface area contributed by atoms with E-state index in [1.54, 1.807) is 0 Å². The number of aliphatic carboxylic acids is 1. The van der Waals surface area contributed by atoms with Gasteiger partial charge in [0.15, 0.2) is 0 Å². The molecule has 0 aliphatic heterocycles. The van der Waals surface area contributed by atoms with Crippen molar-refractivity contribution in [3.05, 3.63) is 0 Å². The van der Waals surface area contributed by atoms with Crippen molar-refractivity contribution in [2.75, 3.05) is 6.54 Å². The van der Waals surface area contributed by atoms with E-state index in [1.165, 1.54) is 0 Å². The molecule has 0 aromatic heterocycles. The van der Waals surface area contributed by atoms with Gasteiger partial charge in [-0.25, -0.2) is 4.79 Å². The standard InChI is InChI=1S/C22H41N7O7/c1-12(2)11-16(22(35)36)29-20(33)14(5-3-4-10-23)28-21(34)15(7-9-18(26)31)27-19(32)13(24)6-8-17(25)30/h12-16H,3-11,23-24H2,1-2H3,(H2,25,30)(H2,26,31)(H,27,32)(H,28,34)(H,29,33)(H,35,36). The summed E-state index contributed by atoms with van der Waals surface area (Å²) >= 11 is 0. The van der Waals surface area contributed by atoms with Crippen LogP contribution in [0.3, 0.4) is 0 Å². The number of rotatable bonds is 19. The van der Waals surface area contributed by atoms with Crippen LogP contribution in [-0.4, -0.2) is 71.3 Å². The van der Waals surface area contributed by atoms with Gasteiger partial charge in [-0.3, -0.25) is 24.0 Å². The maximum absolute atomic E-state index is 13.0. The van der Waals surface area contributed by atoms with E-state index in [0.717, 1.165) is 0 Å². The first-order chi connectivity index (χ1) is 16.8. The summed E-state index contributed by atoms with van der Waals surface area (Å²) in [6.07, 6.45) is 0.769. The van der Waals surface area contributed by atoms with Gasteiger partial charge in [0.1, 0.15) is 18.1 Å². The van der Waals surface area contributed by atoms with Crippen molar-refractivity contribution < 1.29 is 33.9 Å². The minimum Gasteiger partial charge on any atom is -0.480 e. The monoisotopic (exact) mass is 515 g/mol. The van der Waals surface area contributed by atoms with E-state index < -0.39 is 59.7 Å². The molecule has 0 heterocycles. The van der Waals surface area contributed by atoms with Gasteiger partial charge in [0, 0.05) is 12.8 Å². The second-order valence-electron chi connectivity index (χ2n) is 9.05. The molecule has 206 valence electrons. The Hall–Kier alpha value is -3.26. The van der Waals surface area contributed by atoms with E-state index in [1.807, 2.05) is 13.8 Å². The highest BCUT2D eigenvalue weighted by Crippen LogP contribution is 2.08. The largest absolute Gasteiger partial charge is 0.480 e. The van der Waals surface area contributed by atoms with Crippen molar-refractivity contribution in [3.63, 3.8) is 0 Å². The Morgan fingerprint density at radius 2 is 1.19 bits per heavy atom. The summed E-state index contributed by atoms with van der Waals surface area (Å²) in [6, 6.07) is -4.67. The number of nitrogens with two attached hydrogens (primary N) is 4. The van der Waals surface area contributed by atoms with Gasteiger partial charge in [-0.05, 0) is 51.0 Å². The summed E-state index contributed by atoms with van der Waals surface area (Å²) in [4.78, 5) is 72.1. The molecule has 0 rings (SSSR count). The third-order valence-electron chi connectivity index (χ3n) is 5.25. The van der Waals surface area contributed by atoms with Gasteiger partial charge in [0.25, 0.3) is 0 Å². The molecule has 0 fully saturated rings. The number of amides is 5. The SMILES string of the molecule is CC(C)CC(NC(=O)C(CCCCN)NC(=O)C(CCC(N)=O)NC(=O)C(N)CCC(N)=O)C(=O)O. The first-order valence-electron chi connectivity index (χ1n) is 11.9. The molecule has 0 aromatic carbocycles. The van der Waals surface area contributed by atoms with Gasteiger partial charge in [0.05, 0.1) is 6.04 Å². The zero-order chi connectivity index (χ0) is 27.8. The Bertz CT molecular complexity index is 776. The van der Waals surface area contributed by atoms with Crippen molar-refractivity contribution in [1.82, 2.24) is 16.0 Å². The summed E-state index contributed by atoms with van der Waals surface area (Å²) in [5.41, 5.74) is 21.5. The lowest BCUT2D eigenvalue weighted by molar-refractivity contribution is -0.143. The third kappa shape index (κ3) is 14.2. The van der Waals surface area contributed by atoms with Gasteiger partial charge < -0.3 is 44.0 Å². The molecule has 0 aliphatic rings. The molecule has 5 amide bonds. The summed E-state index contributed by atoms with van der Waals surface area (Å²) < 4.78 is 0. The van der Waals surface area contributed by atoms with Crippen molar-refractivity contribution in [2.45, 2.75) is 89.4 Å². The Kier molecular flexibility index (Phi) is 15.7. The molecule has 0 radical (unpaired) electrons. The Balaban J connectivity index is 5.57. The number of unbranched alkanes of at least 4 members (excludes halogenated alkanes) is 1. The first-order valence-corrected chi connectivity index (χ1v) is 11.9. The van der Waals surface area contributed by atoms with Gasteiger partial charge >= 0.3 is 5.97 Å². The van der Waals surface area contributed by atoms with Crippen LogP contribution in [0.4, 0.5) is 0 Å². The minimum absolute atomic E-state index is 0.0103. The maximum Gasteiger partial charge on any atom is 0.326 e. The number of carboxylic acids is 1. The Labute approximate surface area is 210 Å². The molecule has 4 unspecified atom stereocenters. The van der Waals surface area contributed by atoms with Crippen LogP contribution in [0.5, 0.6) is 0 Å². The van der Waals surface area contributed by atoms with Crippen LogP contribution < -0.4 is 38.9 Å². The fourth-order valence-electron chi connectivity index (χ4n) is 3.26. The average Bonchev–Trinajstić information content (AvgIpc) is 2.78. The van der Waals surface area contributed by atoms with Gasteiger partial charge in [0.2, 0.25) is 29.5 Å². The van der Waals surface area contributed by atoms with Gasteiger partial charge in [-0.1, -0.05) is 13.8 Å². The van der Waals surface area contributed by atoms with Gasteiger partial charge in [-0.2, -0.15) is 0 Å². The number of carbonyl (C=O) groups excluding carboxylic acids is 5. The van der Waals surface area contributed by atoms with Crippen LogP contribution >= 0.6 is 0 Å². The molecule has 0 spiro atoms. The second-order valence-corrected chi connectivity index (χ2v) is 9.05. The van der Waals surface area contributed by atoms with Crippen LogP contribution in [-0.2, 0) is 28.8 Å². The lowest BCUT2D eigenvalue weighted by atomic mass is 10.0. The van der Waals surface area contributed by atoms with E-state index in [0.29, 0.717) is 19.4 Å². The molecule has 0 bridgehead atoms. The van der Waals surface area contributed by atoms with Gasteiger partial charge in [-0.15, -0.1) is 0 Å². The molecule has 4 atom stereocenters. The molecule has 12 N–H and O–H groups in total. The summed E-state index contributed by atoms with van der Waals surface area (Å²) in [7, 11) is 0. The smallest absolute Gasteiger partial charge is 0.326 e. The maximum atomic E-state index is 13.0. The Morgan fingerprint density at radius 1 is 0.722 bits per heavy atom. The first kappa shape index (κ1) is 32.7. The molecule has 0 saturated heterocycles. The predicted molar refractivity (Wildman–Crippen MR) is 131 cm³/mol. The normalized spacial score (nSPS) is 14.2. The highest BCUT2D eigenvalue weighted by molar-refractivity contribution is 5.94. The number of nitrogens with one attached hydrogen (secondary N) is 3. The second kappa shape index (κ2) is 17.2. The van der Waals surface area contributed by atoms with E-state index in [-0.39, 0.29) is 44.4 Å². The molecule has 0 aromatic rings. The third-order valence-corrected chi connectivity index (χ3v) is 5.25. The van der Waals surface area contributed by atoms with E-state index in [9.17, 15) is 33.9 Å². The predicted octanol–water partition coefficient (Wildman–Crippen LogP) is -2.44. The van der Waals surface area contributed by atoms with Crippen molar-refractivity contribution in [1.29, 1.82) is 0 Å². The molecule has 0 saturated carbocycles. The minimum atomic E-state index is -1.26. The summed E-state index contributed by atoms with van der Waals surface area (Å²) in [5, 5.41) is 16.8. The summed E-state index contributed by atoms with van der Waals surface area (Å²) in [5.74, 6) is -4.82. The number of hydrogen-bond donors (Lipinski definition) is 8. The fourth-order valence-corrected chi connectivity index (χ4v) is 3.26. The number of primary amides is 2. The molecule has 14 heteroatoms. The van der Waals surface area contributed by atoms with E-state index in [4.69, 9.17) is 22.9 Å². The Morgan fingerprint density at radius 3 is 1.67 bits per heavy atom. The van der Waals surface area contributed by atoms with E-state index in [2.05, 4.69) is 16.0 Å². The molecular formula is C22H41N7O7. The highest BCUT2D eigenvalue weighted by atomic mass is 16.4. The van der Waals surface area contributed by atoms with Crippen LogP contribution in [0.25, 0.3) is 0 Å². The zero-order valence-electron chi connectivity index (χ0n) is 21.0. The highest BCUT2D eigenvalue weighted by Gasteiger charge is 2.30. The lowest BCUT2D eigenvalue weighted by Gasteiger charge is -2.25. The van der Waals surface area contributed by atoms with Crippen LogP contribution in [0.15, 0.2) is 0 Å². The number of carboxylic acid groups (broad SMARTS) is 1. The number of carbonyl (C=O) groups is 6. The van der Waals surface area contributed by atoms with Crippen LogP contribution in [0.1, 0.15) is 65.2 Å². The average molecular weight is 516 g/mol. The van der Waals surface area contributed by atoms with Crippen molar-refractivity contribution >= 4 is 35.5 Å². The quantitative estimate of drug-likeness (QED) is 0.0848. The molecule has 36 heavy (non-hydrogen) atoms. The molecule has 0 aliphatic carbocycles. The van der Waals surface area contributed by atoms with Crippen molar-refractivity contribution in [2.24, 2.45) is 28.9 Å². The fraction of sp³-hybridized carbons (Fsp3) is 0.727. The van der Waals surface area contributed by atoms with Crippen LogP contribution in [0.2, 0.25) is 0 Å². The summed E-state index contributed by atoms with van der Waals surface area (Å²) in [6.45, 7) is 3.97. The molecule has 14 nitrogen and oxygen atoms in total. The number of hydrogen-bond acceptors (Lipinski definition) is 8. The lowest BCUT2D eigenvalue weighted by Crippen LogP contribution is -2.57. The van der Waals surface area contributed by atoms with Crippen LogP contribution in [0, 0.1) is 5.92 Å². The van der Waals surface area contributed by atoms with Crippen molar-refractivity contribution in [3.8, 4) is 0 Å².